The monoisotopic (exact) mass is 260 g/mol. The third kappa shape index (κ3) is 5.78. The second kappa shape index (κ2) is 9.43. The molecule has 0 unspecified atom stereocenters. The first-order chi connectivity index (χ1) is 9.31. The standard InChI is InChI=1S/C16H24N2O/c1-4-13-19-16-10-8-7-9-15(16)14-17-11-12-18(5-2)6-3/h1,7-10,17H,5-6,11-14H2,2-3H3. The van der Waals surface area contributed by atoms with Crippen LogP contribution in [0.1, 0.15) is 19.4 Å². The molecule has 0 aliphatic rings. The first-order valence-electron chi connectivity index (χ1n) is 6.89. The Morgan fingerprint density at radius 1 is 1.26 bits per heavy atom. The van der Waals surface area contributed by atoms with Gasteiger partial charge >= 0.3 is 0 Å². The van der Waals surface area contributed by atoms with Crippen molar-refractivity contribution in [1.82, 2.24) is 10.2 Å². The SMILES string of the molecule is C#CCOc1ccccc1CNCCN(CC)CC. The number of ether oxygens (including phenoxy) is 1. The third-order valence-electron chi connectivity index (χ3n) is 3.10. The van der Waals surface area contributed by atoms with Crippen molar-refractivity contribution in [2.75, 3.05) is 32.8 Å². The molecule has 0 fully saturated rings. The Balaban J connectivity index is 2.38. The van der Waals surface area contributed by atoms with E-state index in [0.29, 0.717) is 6.61 Å². The highest BCUT2D eigenvalue weighted by Gasteiger charge is 2.02. The second-order valence-corrected chi connectivity index (χ2v) is 4.30. The number of para-hydroxylation sites is 1. The van der Waals surface area contributed by atoms with E-state index < -0.39 is 0 Å². The van der Waals surface area contributed by atoms with Gasteiger partial charge < -0.3 is 15.0 Å². The van der Waals surface area contributed by atoms with Gasteiger partial charge in [-0.1, -0.05) is 38.0 Å². The molecule has 0 aliphatic carbocycles. The first-order valence-corrected chi connectivity index (χ1v) is 6.89. The maximum absolute atomic E-state index is 5.52. The van der Waals surface area contributed by atoms with Crippen LogP contribution in [-0.4, -0.2) is 37.7 Å². The largest absolute Gasteiger partial charge is 0.481 e. The minimum Gasteiger partial charge on any atom is -0.481 e. The Labute approximate surface area is 117 Å². The average molecular weight is 260 g/mol. The molecule has 0 aromatic heterocycles. The smallest absolute Gasteiger partial charge is 0.148 e. The van der Waals surface area contributed by atoms with Crippen LogP contribution < -0.4 is 10.1 Å². The van der Waals surface area contributed by atoms with Crippen LogP contribution in [-0.2, 0) is 6.54 Å². The van der Waals surface area contributed by atoms with E-state index in [2.05, 4.69) is 36.1 Å². The van der Waals surface area contributed by atoms with Crippen molar-refractivity contribution in [1.29, 1.82) is 0 Å². The van der Waals surface area contributed by atoms with Crippen molar-refractivity contribution >= 4 is 0 Å². The van der Waals surface area contributed by atoms with Crippen LogP contribution in [0.2, 0.25) is 0 Å². The van der Waals surface area contributed by atoms with Gasteiger partial charge in [0.15, 0.2) is 0 Å². The summed E-state index contributed by atoms with van der Waals surface area (Å²) >= 11 is 0. The number of terminal acetylenes is 1. The number of benzene rings is 1. The minimum absolute atomic E-state index is 0.316. The molecule has 1 aromatic carbocycles. The number of likely N-dealkylation sites (N-methyl/N-ethyl adjacent to an activating group) is 1. The molecule has 0 aliphatic heterocycles. The molecular weight excluding hydrogens is 236 g/mol. The predicted molar refractivity (Wildman–Crippen MR) is 80.3 cm³/mol. The molecule has 1 N–H and O–H groups in total. The van der Waals surface area contributed by atoms with Gasteiger partial charge in [0.1, 0.15) is 12.4 Å². The van der Waals surface area contributed by atoms with Gasteiger partial charge in [-0.15, -0.1) is 6.42 Å². The minimum atomic E-state index is 0.316. The summed E-state index contributed by atoms with van der Waals surface area (Å²) in [6.07, 6.45) is 5.22. The Morgan fingerprint density at radius 3 is 2.68 bits per heavy atom. The number of hydrogen-bond donors (Lipinski definition) is 1. The van der Waals surface area contributed by atoms with Crippen LogP contribution in [0.25, 0.3) is 0 Å². The summed E-state index contributed by atoms with van der Waals surface area (Å²) in [5, 5.41) is 3.44. The zero-order chi connectivity index (χ0) is 13.9. The summed E-state index contributed by atoms with van der Waals surface area (Å²) in [4.78, 5) is 2.40. The molecule has 0 heterocycles. The number of rotatable bonds is 9. The molecule has 0 amide bonds. The number of hydrogen-bond acceptors (Lipinski definition) is 3. The molecule has 3 heteroatoms. The Morgan fingerprint density at radius 2 is 2.00 bits per heavy atom. The predicted octanol–water partition coefficient (Wildman–Crippen LogP) is 2.13. The van der Waals surface area contributed by atoms with Crippen molar-refractivity contribution in [3.05, 3.63) is 29.8 Å². The van der Waals surface area contributed by atoms with E-state index in [1.165, 1.54) is 0 Å². The van der Waals surface area contributed by atoms with E-state index in [1.807, 2.05) is 18.2 Å². The van der Waals surface area contributed by atoms with Gasteiger partial charge in [-0.25, -0.2) is 0 Å². The van der Waals surface area contributed by atoms with Gasteiger partial charge in [0.25, 0.3) is 0 Å². The fourth-order valence-corrected chi connectivity index (χ4v) is 1.91. The lowest BCUT2D eigenvalue weighted by atomic mass is 10.2. The van der Waals surface area contributed by atoms with E-state index in [9.17, 15) is 0 Å². The van der Waals surface area contributed by atoms with Gasteiger partial charge in [0.05, 0.1) is 0 Å². The highest BCUT2D eigenvalue weighted by atomic mass is 16.5. The lowest BCUT2D eigenvalue weighted by Crippen LogP contribution is -2.31. The summed E-state index contributed by atoms with van der Waals surface area (Å²) in [7, 11) is 0. The van der Waals surface area contributed by atoms with E-state index in [4.69, 9.17) is 11.2 Å². The number of nitrogens with one attached hydrogen (secondary N) is 1. The number of nitrogens with zero attached hydrogens (tertiary/aromatic N) is 1. The molecule has 3 nitrogen and oxygen atoms in total. The molecule has 1 aromatic rings. The average Bonchev–Trinajstić information content (AvgIpc) is 2.46. The molecule has 0 atom stereocenters. The maximum atomic E-state index is 5.52. The van der Waals surface area contributed by atoms with Crippen molar-refractivity contribution in [3.63, 3.8) is 0 Å². The Hall–Kier alpha value is -1.50. The summed E-state index contributed by atoms with van der Waals surface area (Å²) in [6.45, 7) is 9.74. The fourth-order valence-electron chi connectivity index (χ4n) is 1.91. The Bertz CT molecular complexity index is 394. The molecule has 104 valence electrons. The molecule has 0 bridgehead atoms. The van der Waals surface area contributed by atoms with Crippen molar-refractivity contribution < 1.29 is 4.74 Å². The second-order valence-electron chi connectivity index (χ2n) is 4.30. The van der Waals surface area contributed by atoms with Gasteiger partial charge in [-0.2, -0.15) is 0 Å². The van der Waals surface area contributed by atoms with E-state index >= 15 is 0 Å². The molecule has 0 saturated carbocycles. The molecule has 0 saturated heterocycles. The van der Waals surface area contributed by atoms with Crippen molar-refractivity contribution in [2.45, 2.75) is 20.4 Å². The van der Waals surface area contributed by atoms with Crippen molar-refractivity contribution in [3.8, 4) is 18.1 Å². The summed E-state index contributed by atoms with van der Waals surface area (Å²) in [6, 6.07) is 8.00. The topological polar surface area (TPSA) is 24.5 Å². The van der Waals surface area contributed by atoms with Crippen LogP contribution in [0, 0.1) is 12.3 Å². The molecular formula is C16H24N2O. The third-order valence-corrected chi connectivity index (χ3v) is 3.10. The van der Waals surface area contributed by atoms with Gasteiger partial charge in [0, 0.05) is 25.2 Å². The van der Waals surface area contributed by atoms with Gasteiger partial charge in [-0.3, -0.25) is 0 Å². The van der Waals surface area contributed by atoms with E-state index in [0.717, 1.165) is 44.0 Å². The normalized spacial score (nSPS) is 10.4. The highest BCUT2D eigenvalue weighted by Crippen LogP contribution is 2.17. The van der Waals surface area contributed by atoms with Gasteiger partial charge in [0.2, 0.25) is 0 Å². The zero-order valence-electron chi connectivity index (χ0n) is 12.0. The highest BCUT2D eigenvalue weighted by molar-refractivity contribution is 5.33. The molecule has 0 radical (unpaired) electrons. The van der Waals surface area contributed by atoms with Crippen LogP contribution in [0.3, 0.4) is 0 Å². The zero-order valence-corrected chi connectivity index (χ0v) is 12.0. The quantitative estimate of drug-likeness (QED) is 0.544. The summed E-state index contributed by atoms with van der Waals surface area (Å²) in [5.74, 6) is 3.36. The lowest BCUT2D eigenvalue weighted by molar-refractivity contribution is 0.301. The Kier molecular flexibility index (Phi) is 7.72. The first kappa shape index (κ1) is 15.6. The molecule has 1 rings (SSSR count). The summed E-state index contributed by atoms with van der Waals surface area (Å²) < 4.78 is 5.52. The molecule has 0 spiro atoms. The van der Waals surface area contributed by atoms with E-state index in [-0.39, 0.29) is 0 Å². The molecule has 19 heavy (non-hydrogen) atoms. The van der Waals surface area contributed by atoms with Crippen LogP contribution in [0.5, 0.6) is 5.75 Å². The fraction of sp³-hybridized carbons (Fsp3) is 0.500. The van der Waals surface area contributed by atoms with Crippen LogP contribution >= 0.6 is 0 Å². The van der Waals surface area contributed by atoms with Crippen LogP contribution in [0.15, 0.2) is 24.3 Å². The van der Waals surface area contributed by atoms with Crippen molar-refractivity contribution in [2.24, 2.45) is 0 Å². The maximum Gasteiger partial charge on any atom is 0.148 e. The lowest BCUT2D eigenvalue weighted by Gasteiger charge is -2.18. The summed E-state index contributed by atoms with van der Waals surface area (Å²) in [5.41, 5.74) is 1.15. The van der Waals surface area contributed by atoms with Gasteiger partial charge in [-0.05, 0) is 19.2 Å². The van der Waals surface area contributed by atoms with Crippen LogP contribution in [0.4, 0.5) is 0 Å². The van der Waals surface area contributed by atoms with E-state index in [1.54, 1.807) is 0 Å².